The Bertz CT molecular complexity index is 461. The Morgan fingerprint density at radius 2 is 2.29 bits per heavy atom. The zero-order valence-corrected chi connectivity index (χ0v) is 9.85. The van der Waals surface area contributed by atoms with E-state index in [0.29, 0.717) is 11.6 Å². The summed E-state index contributed by atoms with van der Waals surface area (Å²) in [5.41, 5.74) is 0.914. The normalized spacial score (nSPS) is 19.7. The van der Waals surface area contributed by atoms with E-state index in [9.17, 15) is 9.59 Å². The number of aliphatic carboxylic acids is 1. The molecule has 1 N–H and O–H groups in total. The third kappa shape index (κ3) is 2.77. The van der Waals surface area contributed by atoms with Crippen LogP contribution in [0.25, 0.3) is 0 Å². The molecule has 17 heavy (non-hydrogen) atoms. The fourth-order valence-electron chi connectivity index (χ4n) is 1.95. The van der Waals surface area contributed by atoms with E-state index in [1.165, 1.54) is 0 Å². The van der Waals surface area contributed by atoms with Crippen LogP contribution in [0.15, 0.2) is 24.3 Å². The minimum absolute atomic E-state index is 0.0932. The molecule has 0 aromatic heterocycles. The largest absolute Gasteiger partial charge is 0.481 e. The first-order valence-corrected chi connectivity index (χ1v) is 5.69. The summed E-state index contributed by atoms with van der Waals surface area (Å²) < 4.78 is 0. The first-order chi connectivity index (χ1) is 8.06. The van der Waals surface area contributed by atoms with Crippen molar-refractivity contribution in [2.24, 2.45) is 5.92 Å². The van der Waals surface area contributed by atoms with Crippen LogP contribution < -0.4 is 0 Å². The van der Waals surface area contributed by atoms with E-state index in [0.717, 1.165) is 5.56 Å². The highest BCUT2D eigenvalue weighted by Gasteiger charge is 2.33. The topological polar surface area (TPSA) is 57.6 Å². The van der Waals surface area contributed by atoms with Gasteiger partial charge in [-0.05, 0) is 17.7 Å². The minimum Gasteiger partial charge on any atom is -0.481 e. The number of hydrogen-bond donors (Lipinski definition) is 1. The number of carbonyl (C=O) groups is 2. The number of nitrogens with zero attached hydrogens (tertiary/aromatic N) is 1. The quantitative estimate of drug-likeness (QED) is 0.893. The van der Waals surface area contributed by atoms with Gasteiger partial charge in [0.15, 0.2) is 0 Å². The zero-order valence-electron chi connectivity index (χ0n) is 9.10. The zero-order chi connectivity index (χ0) is 12.4. The minimum atomic E-state index is -0.910. The standard InChI is InChI=1S/C12H12ClNO3/c13-10-3-1-2-8(4-10)6-14-7-9(12(16)17)5-11(14)15/h1-4,9H,5-7H2,(H,16,17). The highest BCUT2D eigenvalue weighted by molar-refractivity contribution is 6.30. The Kier molecular flexibility index (Phi) is 3.33. The van der Waals surface area contributed by atoms with Crippen LogP contribution in [-0.2, 0) is 16.1 Å². The van der Waals surface area contributed by atoms with Gasteiger partial charge in [-0.25, -0.2) is 0 Å². The highest BCUT2D eigenvalue weighted by Crippen LogP contribution is 2.21. The number of carbonyl (C=O) groups excluding carboxylic acids is 1. The first-order valence-electron chi connectivity index (χ1n) is 5.31. The van der Waals surface area contributed by atoms with Crippen molar-refractivity contribution < 1.29 is 14.7 Å². The molecule has 2 rings (SSSR count). The number of halogens is 1. The smallest absolute Gasteiger partial charge is 0.308 e. The van der Waals surface area contributed by atoms with E-state index >= 15 is 0 Å². The lowest BCUT2D eigenvalue weighted by Gasteiger charge is -2.16. The van der Waals surface area contributed by atoms with Crippen molar-refractivity contribution in [1.29, 1.82) is 0 Å². The van der Waals surface area contributed by atoms with Gasteiger partial charge in [0.25, 0.3) is 0 Å². The third-order valence-electron chi connectivity index (χ3n) is 2.83. The average Bonchev–Trinajstić information content (AvgIpc) is 2.61. The van der Waals surface area contributed by atoms with Crippen LogP contribution >= 0.6 is 11.6 Å². The summed E-state index contributed by atoms with van der Waals surface area (Å²) >= 11 is 5.85. The van der Waals surface area contributed by atoms with Crippen LogP contribution in [0.2, 0.25) is 5.02 Å². The van der Waals surface area contributed by atoms with Gasteiger partial charge in [-0.3, -0.25) is 9.59 Å². The number of rotatable bonds is 3. The van der Waals surface area contributed by atoms with Crippen molar-refractivity contribution in [1.82, 2.24) is 4.90 Å². The second-order valence-electron chi connectivity index (χ2n) is 4.14. The second kappa shape index (κ2) is 4.75. The maximum absolute atomic E-state index is 11.6. The monoisotopic (exact) mass is 253 g/mol. The van der Waals surface area contributed by atoms with E-state index in [4.69, 9.17) is 16.7 Å². The predicted molar refractivity (Wildman–Crippen MR) is 62.6 cm³/mol. The molecule has 0 aliphatic carbocycles. The van der Waals surface area contributed by atoms with E-state index in [-0.39, 0.29) is 18.9 Å². The van der Waals surface area contributed by atoms with Crippen molar-refractivity contribution in [3.05, 3.63) is 34.9 Å². The summed E-state index contributed by atoms with van der Waals surface area (Å²) in [5.74, 6) is -1.61. The Morgan fingerprint density at radius 1 is 1.53 bits per heavy atom. The number of benzene rings is 1. The van der Waals surface area contributed by atoms with Crippen molar-refractivity contribution in [2.45, 2.75) is 13.0 Å². The lowest BCUT2D eigenvalue weighted by atomic mass is 10.1. The van der Waals surface area contributed by atoms with Gasteiger partial charge in [0.05, 0.1) is 5.92 Å². The molecule has 1 fully saturated rings. The first kappa shape index (κ1) is 11.9. The second-order valence-corrected chi connectivity index (χ2v) is 4.58. The summed E-state index contributed by atoms with van der Waals surface area (Å²) in [4.78, 5) is 24.0. The molecule has 1 aromatic rings. The number of likely N-dealkylation sites (tertiary alicyclic amines) is 1. The lowest BCUT2D eigenvalue weighted by molar-refractivity contribution is -0.141. The van der Waals surface area contributed by atoms with Gasteiger partial charge in [0.1, 0.15) is 0 Å². The van der Waals surface area contributed by atoms with E-state index in [2.05, 4.69) is 0 Å². The molecule has 1 atom stereocenters. The van der Waals surface area contributed by atoms with Gasteiger partial charge in [-0.15, -0.1) is 0 Å². The maximum Gasteiger partial charge on any atom is 0.308 e. The number of hydrogen-bond acceptors (Lipinski definition) is 2. The van der Waals surface area contributed by atoms with Crippen LogP contribution in [0, 0.1) is 5.92 Å². The van der Waals surface area contributed by atoms with E-state index < -0.39 is 11.9 Å². The molecule has 1 aliphatic heterocycles. The van der Waals surface area contributed by atoms with Gasteiger partial charge >= 0.3 is 5.97 Å². The van der Waals surface area contributed by atoms with Crippen molar-refractivity contribution in [3.63, 3.8) is 0 Å². The molecule has 0 radical (unpaired) electrons. The Morgan fingerprint density at radius 3 is 2.88 bits per heavy atom. The van der Waals surface area contributed by atoms with Crippen LogP contribution in [0.3, 0.4) is 0 Å². The fraction of sp³-hybridized carbons (Fsp3) is 0.333. The Balaban J connectivity index is 2.05. The molecule has 90 valence electrons. The maximum atomic E-state index is 11.6. The number of carboxylic acids is 1. The van der Waals surface area contributed by atoms with Crippen LogP contribution in [0.5, 0.6) is 0 Å². The van der Waals surface area contributed by atoms with Crippen molar-refractivity contribution in [3.8, 4) is 0 Å². The van der Waals surface area contributed by atoms with Gasteiger partial charge < -0.3 is 10.0 Å². The number of amides is 1. The SMILES string of the molecule is O=C(O)C1CC(=O)N(Cc2cccc(Cl)c2)C1. The summed E-state index contributed by atoms with van der Waals surface area (Å²) in [6.07, 6.45) is 0.0932. The molecule has 0 bridgehead atoms. The molecular formula is C12H12ClNO3. The molecule has 0 spiro atoms. The van der Waals surface area contributed by atoms with Gasteiger partial charge in [0.2, 0.25) is 5.91 Å². The molecule has 1 saturated heterocycles. The van der Waals surface area contributed by atoms with Crippen molar-refractivity contribution >= 4 is 23.5 Å². The molecule has 1 aliphatic rings. The van der Waals surface area contributed by atoms with Crippen LogP contribution in [0.4, 0.5) is 0 Å². The summed E-state index contributed by atoms with van der Waals surface area (Å²) in [6, 6.07) is 7.22. The molecule has 1 heterocycles. The van der Waals surface area contributed by atoms with Gasteiger partial charge in [-0.2, -0.15) is 0 Å². The van der Waals surface area contributed by atoms with Gasteiger partial charge in [0, 0.05) is 24.5 Å². The van der Waals surface area contributed by atoms with Crippen LogP contribution in [0.1, 0.15) is 12.0 Å². The van der Waals surface area contributed by atoms with E-state index in [1.54, 1.807) is 17.0 Å². The Labute approximate surface area is 104 Å². The summed E-state index contributed by atoms with van der Waals surface area (Å²) in [7, 11) is 0. The molecule has 1 unspecified atom stereocenters. The lowest BCUT2D eigenvalue weighted by Crippen LogP contribution is -2.25. The molecule has 1 aromatic carbocycles. The third-order valence-corrected chi connectivity index (χ3v) is 3.06. The molecule has 4 nitrogen and oxygen atoms in total. The summed E-state index contributed by atoms with van der Waals surface area (Å²) in [6.45, 7) is 0.698. The highest BCUT2D eigenvalue weighted by atomic mass is 35.5. The molecular weight excluding hydrogens is 242 g/mol. The fourth-order valence-corrected chi connectivity index (χ4v) is 2.16. The van der Waals surface area contributed by atoms with Crippen molar-refractivity contribution in [2.75, 3.05) is 6.54 Å². The molecule has 5 heteroatoms. The van der Waals surface area contributed by atoms with Crippen LogP contribution in [-0.4, -0.2) is 28.4 Å². The predicted octanol–water partition coefficient (Wildman–Crippen LogP) is 1.77. The van der Waals surface area contributed by atoms with Gasteiger partial charge in [-0.1, -0.05) is 23.7 Å². The number of carboxylic acid groups (broad SMARTS) is 1. The summed E-state index contributed by atoms with van der Waals surface area (Å²) in [5, 5.41) is 9.47. The van der Waals surface area contributed by atoms with E-state index in [1.807, 2.05) is 12.1 Å². The Hall–Kier alpha value is -1.55. The average molecular weight is 254 g/mol. The molecule has 1 amide bonds. The molecule has 0 saturated carbocycles.